The molecule has 1 aliphatic carbocycles. The molecule has 0 aromatic rings. The van der Waals surface area contributed by atoms with Crippen LogP contribution in [0.3, 0.4) is 0 Å². The summed E-state index contributed by atoms with van der Waals surface area (Å²) in [5.41, 5.74) is 6.19. The maximum absolute atomic E-state index is 6.26. The molecule has 2 N–H and O–H groups in total. The summed E-state index contributed by atoms with van der Waals surface area (Å²) in [6, 6.07) is 0.212. The number of hydrogen-bond acceptors (Lipinski definition) is 2. The highest BCUT2D eigenvalue weighted by Gasteiger charge is 2.28. The molecule has 0 aromatic carbocycles. The van der Waals surface area contributed by atoms with E-state index in [1.54, 1.807) is 0 Å². The lowest BCUT2D eigenvalue weighted by molar-refractivity contribution is -0.0216. The van der Waals surface area contributed by atoms with E-state index >= 15 is 0 Å². The molecule has 1 fully saturated rings. The zero-order valence-electron chi connectivity index (χ0n) is 11.6. The molecule has 16 heavy (non-hydrogen) atoms. The van der Waals surface area contributed by atoms with E-state index in [9.17, 15) is 0 Å². The van der Waals surface area contributed by atoms with E-state index in [0.717, 1.165) is 11.8 Å². The molecule has 1 saturated carbocycles. The van der Waals surface area contributed by atoms with E-state index in [0.29, 0.717) is 12.5 Å². The zero-order chi connectivity index (χ0) is 12.3. The van der Waals surface area contributed by atoms with Crippen LogP contribution in [0.5, 0.6) is 0 Å². The minimum absolute atomic E-state index is 0.0660. The van der Waals surface area contributed by atoms with Gasteiger partial charge in [0.25, 0.3) is 0 Å². The second-order valence-corrected chi connectivity index (χ2v) is 6.76. The van der Waals surface area contributed by atoms with Crippen molar-refractivity contribution < 1.29 is 4.74 Å². The Bertz CT molecular complexity index is 199. The Morgan fingerprint density at radius 1 is 1.12 bits per heavy atom. The predicted octanol–water partition coefficient (Wildman–Crippen LogP) is 3.20. The molecule has 3 atom stereocenters. The van der Waals surface area contributed by atoms with Crippen LogP contribution in [0.1, 0.15) is 53.9 Å². The lowest BCUT2D eigenvalue weighted by atomic mass is 9.74. The maximum Gasteiger partial charge on any atom is 0.0627 e. The lowest BCUT2D eigenvalue weighted by Crippen LogP contribution is -2.40. The van der Waals surface area contributed by atoms with Gasteiger partial charge in [-0.05, 0) is 57.8 Å². The third-order valence-electron chi connectivity index (χ3n) is 3.53. The average Bonchev–Trinajstić information content (AvgIpc) is 2.11. The number of hydrogen-bond donors (Lipinski definition) is 1. The van der Waals surface area contributed by atoms with Crippen molar-refractivity contribution in [2.24, 2.45) is 23.5 Å². The third kappa shape index (κ3) is 4.84. The van der Waals surface area contributed by atoms with Gasteiger partial charge in [0.05, 0.1) is 12.2 Å². The van der Waals surface area contributed by atoms with Crippen molar-refractivity contribution in [1.29, 1.82) is 0 Å². The smallest absolute Gasteiger partial charge is 0.0627 e. The predicted molar refractivity (Wildman–Crippen MR) is 69.3 cm³/mol. The summed E-state index contributed by atoms with van der Waals surface area (Å²) in [5, 5.41) is 0. The summed E-state index contributed by atoms with van der Waals surface area (Å²) >= 11 is 0. The molecule has 0 bridgehead atoms. The Hall–Kier alpha value is -0.0800. The molecule has 0 radical (unpaired) electrons. The van der Waals surface area contributed by atoms with Gasteiger partial charge in [0.2, 0.25) is 0 Å². The molecule has 0 spiro atoms. The van der Waals surface area contributed by atoms with Crippen LogP contribution in [-0.2, 0) is 4.74 Å². The molecular weight excluding hydrogens is 198 g/mol. The van der Waals surface area contributed by atoms with Gasteiger partial charge in [-0.15, -0.1) is 0 Å². The van der Waals surface area contributed by atoms with Crippen molar-refractivity contribution in [1.82, 2.24) is 0 Å². The van der Waals surface area contributed by atoms with Crippen LogP contribution in [0.4, 0.5) is 0 Å². The Labute approximate surface area is 101 Å². The standard InChI is InChI=1S/C14H29NO/c1-10-6-11(2)8-12(7-10)13(15)9-16-14(3,4)5/h10-13H,6-9,15H2,1-5H3. The Morgan fingerprint density at radius 2 is 1.62 bits per heavy atom. The van der Waals surface area contributed by atoms with Gasteiger partial charge in [-0.1, -0.05) is 13.8 Å². The molecule has 96 valence electrons. The first-order valence-electron chi connectivity index (χ1n) is 6.67. The Kier molecular flexibility index (Phi) is 4.81. The fourth-order valence-electron chi connectivity index (χ4n) is 2.84. The monoisotopic (exact) mass is 227 g/mol. The van der Waals surface area contributed by atoms with Gasteiger partial charge in [0, 0.05) is 6.04 Å². The van der Waals surface area contributed by atoms with Crippen molar-refractivity contribution in [3.05, 3.63) is 0 Å². The summed E-state index contributed by atoms with van der Waals surface area (Å²) in [5.74, 6) is 2.31. The summed E-state index contributed by atoms with van der Waals surface area (Å²) in [6.07, 6.45) is 3.92. The van der Waals surface area contributed by atoms with Gasteiger partial charge >= 0.3 is 0 Å². The van der Waals surface area contributed by atoms with Gasteiger partial charge in [0.1, 0.15) is 0 Å². The SMILES string of the molecule is CC1CC(C)CC(C(N)COC(C)(C)C)C1. The summed E-state index contributed by atoms with van der Waals surface area (Å²) in [6.45, 7) is 11.7. The average molecular weight is 227 g/mol. The second-order valence-electron chi connectivity index (χ2n) is 6.76. The summed E-state index contributed by atoms with van der Waals surface area (Å²) in [7, 11) is 0. The molecule has 1 aliphatic rings. The quantitative estimate of drug-likeness (QED) is 0.803. The molecule has 2 heteroatoms. The van der Waals surface area contributed by atoms with Gasteiger partial charge < -0.3 is 10.5 Å². The molecule has 2 nitrogen and oxygen atoms in total. The first kappa shape index (κ1) is 14.0. The minimum atomic E-state index is -0.0660. The van der Waals surface area contributed by atoms with E-state index in [1.807, 2.05) is 0 Å². The Morgan fingerprint density at radius 3 is 2.06 bits per heavy atom. The first-order valence-corrected chi connectivity index (χ1v) is 6.67. The van der Waals surface area contributed by atoms with Gasteiger partial charge in [-0.25, -0.2) is 0 Å². The number of nitrogens with two attached hydrogens (primary N) is 1. The summed E-state index contributed by atoms with van der Waals surface area (Å²) in [4.78, 5) is 0. The van der Waals surface area contributed by atoms with Crippen molar-refractivity contribution in [2.75, 3.05) is 6.61 Å². The van der Waals surface area contributed by atoms with Crippen molar-refractivity contribution >= 4 is 0 Å². The fraction of sp³-hybridized carbons (Fsp3) is 1.00. The van der Waals surface area contributed by atoms with E-state index in [2.05, 4.69) is 34.6 Å². The van der Waals surface area contributed by atoms with Crippen molar-refractivity contribution in [3.63, 3.8) is 0 Å². The molecule has 0 saturated heterocycles. The van der Waals surface area contributed by atoms with E-state index in [-0.39, 0.29) is 11.6 Å². The Balaban J connectivity index is 2.38. The normalized spacial score (nSPS) is 33.8. The summed E-state index contributed by atoms with van der Waals surface area (Å²) < 4.78 is 5.79. The molecule has 0 amide bonds. The maximum atomic E-state index is 6.26. The van der Waals surface area contributed by atoms with E-state index in [1.165, 1.54) is 19.3 Å². The van der Waals surface area contributed by atoms with Gasteiger partial charge in [-0.3, -0.25) is 0 Å². The van der Waals surface area contributed by atoms with Crippen LogP contribution < -0.4 is 5.73 Å². The van der Waals surface area contributed by atoms with Crippen LogP contribution in [0, 0.1) is 17.8 Å². The van der Waals surface area contributed by atoms with Crippen LogP contribution in [0.25, 0.3) is 0 Å². The zero-order valence-corrected chi connectivity index (χ0v) is 11.6. The first-order chi connectivity index (χ1) is 7.28. The van der Waals surface area contributed by atoms with E-state index in [4.69, 9.17) is 10.5 Å². The van der Waals surface area contributed by atoms with Crippen molar-refractivity contribution in [3.8, 4) is 0 Å². The number of rotatable bonds is 3. The van der Waals surface area contributed by atoms with Crippen LogP contribution in [0.15, 0.2) is 0 Å². The lowest BCUT2D eigenvalue weighted by Gasteiger charge is -2.35. The molecule has 0 heterocycles. The van der Waals surface area contributed by atoms with Gasteiger partial charge in [-0.2, -0.15) is 0 Å². The topological polar surface area (TPSA) is 35.2 Å². The highest BCUT2D eigenvalue weighted by molar-refractivity contribution is 4.82. The molecule has 3 unspecified atom stereocenters. The second kappa shape index (κ2) is 5.50. The van der Waals surface area contributed by atoms with E-state index < -0.39 is 0 Å². The van der Waals surface area contributed by atoms with Crippen LogP contribution in [0.2, 0.25) is 0 Å². The largest absolute Gasteiger partial charge is 0.374 e. The molecular formula is C14H29NO. The van der Waals surface area contributed by atoms with Crippen molar-refractivity contribution in [2.45, 2.75) is 65.5 Å². The molecule has 1 rings (SSSR count). The highest BCUT2D eigenvalue weighted by Crippen LogP contribution is 2.34. The highest BCUT2D eigenvalue weighted by atomic mass is 16.5. The van der Waals surface area contributed by atoms with Gasteiger partial charge in [0.15, 0.2) is 0 Å². The minimum Gasteiger partial charge on any atom is -0.374 e. The van der Waals surface area contributed by atoms with Crippen LogP contribution in [-0.4, -0.2) is 18.2 Å². The molecule has 0 aromatic heterocycles. The molecule has 0 aliphatic heterocycles. The third-order valence-corrected chi connectivity index (χ3v) is 3.53. The van der Waals surface area contributed by atoms with Crippen LogP contribution >= 0.6 is 0 Å². The number of ether oxygens (including phenoxy) is 1. The fourth-order valence-corrected chi connectivity index (χ4v) is 2.84.